The molecule has 1 atom stereocenters. The number of benzene rings is 2. The number of hydrogen-bond acceptors (Lipinski definition) is 6. The van der Waals surface area contributed by atoms with Crippen LogP contribution in [-0.4, -0.2) is 40.7 Å². The Morgan fingerprint density at radius 3 is 2.85 bits per heavy atom. The molecular formula is C25H27N5O2S. The number of aryl methyl sites for hydroxylation is 1. The average molecular weight is 462 g/mol. The number of carbonyl (C=O) groups excluding carboxylic acids is 1. The molecule has 1 N–H and O–H groups in total. The Labute approximate surface area is 197 Å². The minimum atomic E-state index is -0.0327. The minimum Gasteiger partial charge on any atom is -0.497 e. The molecule has 7 nitrogen and oxygen atoms in total. The molecule has 0 radical (unpaired) electrons. The summed E-state index contributed by atoms with van der Waals surface area (Å²) in [5.74, 6) is 0.904. The molecule has 3 heterocycles. The van der Waals surface area contributed by atoms with E-state index in [0.29, 0.717) is 13.1 Å². The van der Waals surface area contributed by atoms with Crippen molar-refractivity contribution in [3.05, 3.63) is 65.9 Å². The SMILES string of the molecule is COc1ccc(-c2cn3nc(N4CCCC(C(=O)NCc5cccc(C)c5)C4)sc3n2)cc1. The molecule has 1 saturated heterocycles. The second kappa shape index (κ2) is 9.23. The molecule has 170 valence electrons. The van der Waals surface area contributed by atoms with E-state index in [1.54, 1.807) is 18.4 Å². The van der Waals surface area contributed by atoms with Gasteiger partial charge >= 0.3 is 0 Å². The number of amides is 1. The number of nitrogens with one attached hydrogen (secondary N) is 1. The van der Waals surface area contributed by atoms with Crippen molar-refractivity contribution in [3.8, 4) is 17.0 Å². The van der Waals surface area contributed by atoms with E-state index in [1.165, 1.54) is 5.56 Å². The molecule has 2 aromatic heterocycles. The summed E-state index contributed by atoms with van der Waals surface area (Å²) in [5.41, 5.74) is 4.24. The molecule has 1 unspecified atom stereocenters. The van der Waals surface area contributed by atoms with Crippen molar-refractivity contribution in [1.29, 1.82) is 0 Å². The molecule has 0 spiro atoms. The first-order valence-corrected chi connectivity index (χ1v) is 12.0. The maximum atomic E-state index is 12.8. The molecule has 1 aliphatic rings. The number of hydrogen-bond donors (Lipinski definition) is 1. The smallest absolute Gasteiger partial charge is 0.225 e. The van der Waals surface area contributed by atoms with E-state index in [1.807, 2.05) is 47.1 Å². The summed E-state index contributed by atoms with van der Waals surface area (Å²) in [7, 11) is 1.66. The van der Waals surface area contributed by atoms with Gasteiger partial charge in [-0.05, 0) is 49.6 Å². The Hall–Kier alpha value is -3.39. The third-order valence-corrected chi connectivity index (χ3v) is 7.01. The zero-order valence-electron chi connectivity index (χ0n) is 18.8. The first-order chi connectivity index (χ1) is 16.1. The van der Waals surface area contributed by atoms with Crippen molar-refractivity contribution in [2.75, 3.05) is 25.1 Å². The first-order valence-electron chi connectivity index (χ1n) is 11.2. The summed E-state index contributed by atoms with van der Waals surface area (Å²) in [6.07, 6.45) is 3.83. The van der Waals surface area contributed by atoms with Gasteiger partial charge in [0, 0.05) is 25.2 Å². The van der Waals surface area contributed by atoms with Gasteiger partial charge in [-0.1, -0.05) is 41.2 Å². The second-order valence-corrected chi connectivity index (χ2v) is 9.39. The number of ether oxygens (including phenoxy) is 1. The number of nitrogens with zero attached hydrogens (tertiary/aromatic N) is 4. The van der Waals surface area contributed by atoms with Gasteiger partial charge in [-0.15, -0.1) is 5.10 Å². The molecule has 4 aromatic rings. The highest BCUT2D eigenvalue weighted by molar-refractivity contribution is 7.20. The van der Waals surface area contributed by atoms with E-state index >= 15 is 0 Å². The lowest BCUT2D eigenvalue weighted by atomic mass is 9.97. The van der Waals surface area contributed by atoms with Gasteiger partial charge in [0.25, 0.3) is 0 Å². The summed E-state index contributed by atoms with van der Waals surface area (Å²) in [4.78, 5) is 20.6. The molecule has 0 aliphatic carbocycles. The summed E-state index contributed by atoms with van der Waals surface area (Å²) < 4.78 is 7.06. The minimum absolute atomic E-state index is 0.0327. The van der Waals surface area contributed by atoms with Crippen molar-refractivity contribution in [1.82, 2.24) is 19.9 Å². The summed E-state index contributed by atoms with van der Waals surface area (Å²) in [6, 6.07) is 16.1. The highest BCUT2D eigenvalue weighted by atomic mass is 32.1. The number of methoxy groups -OCH3 is 1. The monoisotopic (exact) mass is 461 g/mol. The number of aromatic nitrogens is 3. The number of rotatable bonds is 6. The Kier molecular flexibility index (Phi) is 6.00. The molecule has 1 amide bonds. The topological polar surface area (TPSA) is 71.8 Å². The van der Waals surface area contributed by atoms with Crippen LogP contribution in [0.3, 0.4) is 0 Å². The van der Waals surface area contributed by atoms with Crippen molar-refractivity contribution in [3.63, 3.8) is 0 Å². The van der Waals surface area contributed by atoms with Crippen LogP contribution in [0.15, 0.2) is 54.7 Å². The van der Waals surface area contributed by atoms with Gasteiger partial charge in [0.15, 0.2) is 0 Å². The Morgan fingerprint density at radius 2 is 2.09 bits per heavy atom. The molecule has 33 heavy (non-hydrogen) atoms. The molecule has 8 heteroatoms. The van der Waals surface area contributed by atoms with E-state index in [0.717, 1.165) is 52.0 Å². The fourth-order valence-corrected chi connectivity index (χ4v) is 5.16. The molecule has 1 fully saturated rings. The van der Waals surface area contributed by atoms with Crippen LogP contribution >= 0.6 is 11.3 Å². The quantitative estimate of drug-likeness (QED) is 0.463. The van der Waals surface area contributed by atoms with Crippen LogP contribution in [0.4, 0.5) is 5.13 Å². The van der Waals surface area contributed by atoms with Crippen LogP contribution in [0, 0.1) is 12.8 Å². The van der Waals surface area contributed by atoms with Gasteiger partial charge in [0.2, 0.25) is 16.0 Å². The lowest BCUT2D eigenvalue weighted by Crippen LogP contribution is -2.43. The average Bonchev–Trinajstić information content (AvgIpc) is 3.42. The standard InChI is InChI=1S/C25H27N5O2S/c1-17-5-3-6-18(13-17)14-26-23(31)20-7-4-12-29(15-20)25-28-30-16-22(27-24(30)33-25)19-8-10-21(32-2)11-9-19/h3,5-6,8-11,13,16,20H,4,7,12,14-15H2,1-2H3,(H,26,31). The molecular weight excluding hydrogens is 434 g/mol. The number of fused-ring (bicyclic) bond motifs is 1. The van der Waals surface area contributed by atoms with Crippen molar-refractivity contribution >= 4 is 27.3 Å². The van der Waals surface area contributed by atoms with E-state index in [9.17, 15) is 4.79 Å². The van der Waals surface area contributed by atoms with Gasteiger partial charge in [0.05, 0.1) is 24.9 Å². The van der Waals surface area contributed by atoms with Gasteiger partial charge in [0.1, 0.15) is 5.75 Å². The van der Waals surface area contributed by atoms with Crippen LogP contribution in [0.5, 0.6) is 5.75 Å². The molecule has 0 saturated carbocycles. The summed E-state index contributed by atoms with van der Waals surface area (Å²) in [6.45, 7) is 4.22. The number of imidazole rings is 1. The van der Waals surface area contributed by atoms with Crippen molar-refractivity contribution in [2.45, 2.75) is 26.3 Å². The first kappa shape index (κ1) is 21.5. The van der Waals surface area contributed by atoms with Gasteiger partial charge < -0.3 is 15.0 Å². The molecule has 1 aliphatic heterocycles. The van der Waals surface area contributed by atoms with Gasteiger partial charge in [-0.3, -0.25) is 4.79 Å². The zero-order valence-corrected chi connectivity index (χ0v) is 19.6. The van der Waals surface area contributed by atoms with E-state index in [-0.39, 0.29) is 11.8 Å². The normalized spacial score (nSPS) is 16.2. The fraction of sp³-hybridized carbons (Fsp3) is 0.320. The predicted molar refractivity (Wildman–Crippen MR) is 131 cm³/mol. The van der Waals surface area contributed by atoms with E-state index in [4.69, 9.17) is 14.8 Å². The van der Waals surface area contributed by atoms with Crippen LogP contribution in [-0.2, 0) is 11.3 Å². The van der Waals surface area contributed by atoms with Crippen molar-refractivity contribution in [2.24, 2.45) is 5.92 Å². The van der Waals surface area contributed by atoms with Crippen LogP contribution in [0.2, 0.25) is 0 Å². The third-order valence-electron chi connectivity index (χ3n) is 6.03. The predicted octanol–water partition coefficient (Wildman–Crippen LogP) is 4.31. The second-order valence-electron chi connectivity index (χ2n) is 8.46. The van der Waals surface area contributed by atoms with Crippen LogP contribution < -0.4 is 15.0 Å². The summed E-state index contributed by atoms with van der Waals surface area (Å²) >= 11 is 1.56. The number of carbonyl (C=O) groups is 1. The lowest BCUT2D eigenvalue weighted by molar-refractivity contribution is -0.125. The maximum Gasteiger partial charge on any atom is 0.225 e. The molecule has 2 aromatic carbocycles. The van der Waals surface area contributed by atoms with Crippen LogP contribution in [0.1, 0.15) is 24.0 Å². The van der Waals surface area contributed by atoms with Crippen molar-refractivity contribution < 1.29 is 9.53 Å². The fourth-order valence-electron chi connectivity index (χ4n) is 4.24. The maximum absolute atomic E-state index is 12.8. The number of anilines is 1. The Balaban J connectivity index is 1.24. The van der Waals surface area contributed by atoms with Gasteiger partial charge in [-0.25, -0.2) is 9.50 Å². The molecule has 0 bridgehead atoms. The lowest BCUT2D eigenvalue weighted by Gasteiger charge is -2.31. The zero-order chi connectivity index (χ0) is 22.8. The highest BCUT2D eigenvalue weighted by Gasteiger charge is 2.27. The number of piperidine rings is 1. The van der Waals surface area contributed by atoms with E-state index < -0.39 is 0 Å². The third kappa shape index (κ3) is 4.71. The largest absolute Gasteiger partial charge is 0.497 e. The molecule has 5 rings (SSSR count). The highest BCUT2D eigenvalue weighted by Crippen LogP contribution is 2.30. The van der Waals surface area contributed by atoms with E-state index in [2.05, 4.69) is 29.3 Å². The summed E-state index contributed by atoms with van der Waals surface area (Å²) in [5, 5.41) is 8.78. The Bertz CT molecular complexity index is 1230. The Morgan fingerprint density at radius 1 is 1.24 bits per heavy atom. The van der Waals surface area contributed by atoms with Crippen LogP contribution in [0.25, 0.3) is 16.2 Å². The van der Waals surface area contributed by atoms with Gasteiger partial charge in [-0.2, -0.15) is 0 Å².